The molecule has 3 nitrogen and oxygen atoms in total. The number of rotatable bonds is 1. The molecule has 4 heteroatoms. The summed E-state index contributed by atoms with van der Waals surface area (Å²) in [6, 6.07) is 25.2. The van der Waals surface area contributed by atoms with Gasteiger partial charge in [0.25, 0.3) is 0 Å². The molecule has 31 heavy (non-hydrogen) atoms. The van der Waals surface area contributed by atoms with E-state index in [4.69, 9.17) is 10.2 Å². The third-order valence-electron chi connectivity index (χ3n) is 7.12. The van der Waals surface area contributed by atoms with E-state index in [9.17, 15) is 4.57 Å². The first-order valence-corrected chi connectivity index (χ1v) is 12.5. The predicted octanol–water partition coefficient (Wildman–Crippen LogP) is 5.57. The van der Waals surface area contributed by atoms with E-state index in [-0.39, 0.29) is 5.66 Å². The van der Waals surface area contributed by atoms with Gasteiger partial charge in [0.1, 0.15) is 16.9 Å². The zero-order valence-corrected chi connectivity index (χ0v) is 18.7. The molecule has 0 saturated carbocycles. The van der Waals surface area contributed by atoms with Gasteiger partial charge in [-0.1, -0.05) is 86.6 Å². The summed E-state index contributed by atoms with van der Waals surface area (Å²) >= 11 is 0. The highest BCUT2D eigenvalue weighted by Crippen LogP contribution is 2.64. The molecule has 0 radical (unpaired) electrons. The van der Waals surface area contributed by atoms with Crippen LogP contribution in [-0.4, -0.2) is 5.66 Å². The van der Waals surface area contributed by atoms with Crippen LogP contribution in [-0.2, 0) is 9.98 Å². The van der Waals surface area contributed by atoms with E-state index >= 15 is 0 Å². The first-order valence-electron chi connectivity index (χ1n) is 10.7. The lowest BCUT2D eigenvalue weighted by Gasteiger charge is -2.41. The van der Waals surface area contributed by atoms with Gasteiger partial charge in [0.15, 0.2) is 7.14 Å². The maximum absolute atomic E-state index is 14.8. The molecule has 1 aromatic heterocycles. The maximum atomic E-state index is 14.8. The van der Waals surface area contributed by atoms with Gasteiger partial charge in [0, 0.05) is 11.0 Å². The summed E-state index contributed by atoms with van der Waals surface area (Å²) < 4.78 is 21.3. The number of nitrogens with two attached hydrogens (primary N) is 1. The Morgan fingerprint density at radius 1 is 0.839 bits per heavy atom. The van der Waals surface area contributed by atoms with Gasteiger partial charge < -0.3 is 14.7 Å². The van der Waals surface area contributed by atoms with E-state index in [1.54, 1.807) is 0 Å². The van der Waals surface area contributed by atoms with Crippen LogP contribution in [0.25, 0.3) is 11.1 Å². The quantitative estimate of drug-likeness (QED) is 0.357. The van der Waals surface area contributed by atoms with Crippen molar-refractivity contribution in [2.24, 2.45) is 0 Å². The normalized spacial score (nSPS) is 19.7. The van der Waals surface area contributed by atoms with Crippen LogP contribution in [0.2, 0.25) is 0 Å². The standard InChI is InChI=1S/C27H24NO2P/c1-16(2)31(29)23-15-9-8-14-22(23)27(26-25(31)24(28)17(3)30-26)20-12-6-4-10-18(20)19-11-5-7-13-21(19)27/h4-16H,28H2,1-3H3. The molecular formula is C27H24NO2P. The first kappa shape index (κ1) is 18.7. The summed E-state index contributed by atoms with van der Waals surface area (Å²) in [5.41, 5.74) is 12.1. The van der Waals surface area contributed by atoms with Gasteiger partial charge in [-0.2, -0.15) is 0 Å². The Bertz CT molecular complexity index is 1380. The second-order valence-electron chi connectivity index (χ2n) is 8.86. The van der Waals surface area contributed by atoms with Gasteiger partial charge in [-0.05, 0) is 34.7 Å². The molecule has 0 bridgehead atoms. The lowest BCUT2D eigenvalue weighted by Crippen LogP contribution is -2.44. The maximum Gasteiger partial charge on any atom is 0.151 e. The highest BCUT2D eigenvalue weighted by atomic mass is 31.2. The summed E-state index contributed by atoms with van der Waals surface area (Å²) in [5.74, 6) is 1.37. The smallest absolute Gasteiger partial charge is 0.151 e. The van der Waals surface area contributed by atoms with Gasteiger partial charge in [0.05, 0.1) is 11.0 Å². The van der Waals surface area contributed by atoms with Crippen LogP contribution in [0, 0.1) is 6.92 Å². The minimum absolute atomic E-state index is 0.0871. The Kier molecular flexibility index (Phi) is 3.63. The van der Waals surface area contributed by atoms with Crippen molar-refractivity contribution in [3.63, 3.8) is 0 Å². The molecule has 1 aliphatic heterocycles. The average Bonchev–Trinajstić information content (AvgIpc) is 3.25. The Labute approximate surface area is 182 Å². The second-order valence-corrected chi connectivity index (χ2v) is 12.1. The van der Waals surface area contributed by atoms with Crippen LogP contribution >= 0.6 is 7.14 Å². The van der Waals surface area contributed by atoms with Crippen molar-refractivity contribution in [2.75, 3.05) is 5.73 Å². The minimum Gasteiger partial charge on any atom is -0.462 e. The summed E-state index contributed by atoms with van der Waals surface area (Å²) in [6.45, 7) is 5.93. The van der Waals surface area contributed by atoms with Crippen molar-refractivity contribution in [1.82, 2.24) is 0 Å². The molecule has 1 atom stereocenters. The topological polar surface area (TPSA) is 56.2 Å². The molecule has 2 heterocycles. The van der Waals surface area contributed by atoms with Crippen molar-refractivity contribution in [3.05, 3.63) is 101 Å². The number of hydrogen-bond donors (Lipinski definition) is 1. The fraction of sp³-hybridized carbons (Fsp3) is 0.185. The van der Waals surface area contributed by atoms with E-state index in [1.165, 1.54) is 11.1 Å². The Morgan fingerprint density at radius 3 is 1.94 bits per heavy atom. The second kappa shape index (κ2) is 6.02. The average molecular weight is 425 g/mol. The van der Waals surface area contributed by atoms with Crippen LogP contribution in [0.15, 0.2) is 77.2 Å². The first-order chi connectivity index (χ1) is 14.9. The van der Waals surface area contributed by atoms with Crippen LogP contribution in [0.5, 0.6) is 0 Å². The predicted molar refractivity (Wildman–Crippen MR) is 127 cm³/mol. The van der Waals surface area contributed by atoms with E-state index in [2.05, 4.69) is 54.6 Å². The summed E-state index contributed by atoms with van der Waals surface area (Å²) in [4.78, 5) is 0. The zero-order valence-electron chi connectivity index (χ0n) is 17.8. The number of anilines is 1. The fourth-order valence-corrected chi connectivity index (χ4v) is 9.01. The highest BCUT2D eigenvalue weighted by molar-refractivity contribution is 7.79. The highest BCUT2D eigenvalue weighted by Gasteiger charge is 2.58. The molecule has 0 amide bonds. The molecule has 1 unspecified atom stereocenters. The van der Waals surface area contributed by atoms with Crippen molar-refractivity contribution in [3.8, 4) is 11.1 Å². The Hall–Kier alpha value is -3.03. The van der Waals surface area contributed by atoms with E-state index in [0.29, 0.717) is 16.8 Å². The molecule has 3 aromatic carbocycles. The molecule has 2 aliphatic rings. The van der Waals surface area contributed by atoms with E-state index in [0.717, 1.165) is 27.8 Å². The third-order valence-corrected chi connectivity index (χ3v) is 10.8. The lowest BCUT2D eigenvalue weighted by atomic mass is 9.70. The molecular weight excluding hydrogens is 401 g/mol. The van der Waals surface area contributed by atoms with Gasteiger partial charge in [-0.25, -0.2) is 0 Å². The van der Waals surface area contributed by atoms with Crippen LogP contribution < -0.4 is 16.3 Å². The van der Waals surface area contributed by atoms with Crippen molar-refractivity contribution >= 4 is 23.4 Å². The molecule has 2 N–H and O–H groups in total. The van der Waals surface area contributed by atoms with Crippen molar-refractivity contribution < 1.29 is 8.98 Å². The number of benzene rings is 3. The number of hydrogen-bond acceptors (Lipinski definition) is 3. The van der Waals surface area contributed by atoms with Gasteiger partial charge >= 0.3 is 0 Å². The van der Waals surface area contributed by atoms with Gasteiger partial charge in [-0.15, -0.1) is 0 Å². The fourth-order valence-electron chi connectivity index (χ4n) is 5.76. The number of aryl methyl sites for hydroxylation is 1. The Morgan fingerprint density at radius 2 is 1.35 bits per heavy atom. The van der Waals surface area contributed by atoms with Gasteiger partial charge in [0.2, 0.25) is 0 Å². The van der Waals surface area contributed by atoms with Gasteiger partial charge in [-0.3, -0.25) is 0 Å². The van der Waals surface area contributed by atoms with Crippen LogP contribution in [0.1, 0.15) is 42.1 Å². The molecule has 0 saturated heterocycles. The van der Waals surface area contributed by atoms with Crippen LogP contribution in [0.4, 0.5) is 5.69 Å². The van der Waals surface area contributed by atoms with Crippen LogP contribution in [0.3, 0.4) is 0 Å². The number of furan rings is 1. The minimum atomic E-state index is -3.00. The molecule has 1 aliphatic carbocycles. The zero-order chi connectivity index (χ0) is 21.5. The summed E-state index contributed by atoms with van der Waals surface area (Å²) in [5, 5.41) is 1.61. The van der Waals surface area contributed by atoms with Crippen molar-refractivity contribution in [2.45, 2.75) is 31.8 Å². The molecule has 0 fully saturated rings. The third kappa shape index (κ3) is 1.99. The molecule has 6 rings (SSSR count). The van der Waals surface area contributed by atoms with Crippen molar-refractivity contribution in [1.29, 1.82) is 0 Å². The molecule has 4 aromatic rings. The number of nitrogen functional groups attached to an aromatic ring is 1. The monoisotopic (exact) mass is 425 g/mol. The van der Waals surface area contributed by atoms with E-state index in [1.807, 2.05) is 39.0 Å². The summed E-state index contributed by atoms with van der Waals surface area (Å²) in [7, 11) is -3.00. The number of fused-ring (bicyclic) bond motifs is 9. The SMILES string of the molecule is Cc1oc2c(c1N)P(=O)(C(C)C)c1ccccc1C21c2ccccc2-c2ccccc21. The Balaban J connectivity index is 1.90. The lowest BCUT2D eigenvalue weighted by molar-refractivity contribution is 0.448. The molecule has 154 valence electrons. The van der Waals surface area contributed by atoms with E-state index < -0.39 is 12.6 Å². The molecule has 1 spiro atoms. The summed E-state index contributed by atoms with van der Waals surface area (Å²) in [6.07, 6.45) is 0. The largest absolute Gasteiger partial charge is 0.462 e.